The summed E-state index contributed by atoms with van der Waals surface area (Å²) in [7, 11) is 0. The predicted octanol–water partition coefficient (Wildman–Crippen LogP) is 2.54. The van der Waals surface area contributed by atoms with Gasteiger partial charge in [-0.05, 0) is 11.6 Å². The maximum Gasteiger partial charge on any atom is 0.0746 e. The Labute approximate surface area is 95.3 Å². The summed E-state index contributed by atoms with van der Waals surface area (Å²) < 4.78 is 0. The fraction of sp³-hybridized carbons (Fsp3) is 0.100. The quantitative estimate of drug-likeness (QED) is 0.819. The monoisotopic (exact) mass is 230 g/mol. The lowest BCUT2D eigenvalue weighted by Crippen LogP contribution is -1.97. The Morgan fingerprint density at radius 3 is 2.50 bits per heavy atom. The molecule has 14 heavy (non-hydrogen) atoms. The average Bonchev–Trinajstić information content (AvgIpc) is 2.17. The second-order valence-electron chi connectivity index (χ2n) is 2.70. The third kappa shape index (κ3) is 2.35. The van der Waals surface area contributed by atoms with Crippen molar-refractivity contribution >= 4 is 35.7 Å². The molecule has 0 saturated heterocycles. The molecule has 1 heterocycles. The molecule has 0 radical (unpaired) electrons. The number of halogens is 2. The van der Waals surface area contributed by atoms with Gasteiger partial charge in [0.15, 0.2) is 0 Å². The number of pyridine rings is 1. The van der Waals surface area contributed by atoms with Crippen molar-refractivity contribution < 1.29 is 0 Å². The van der Waals surface area contributed by atoms with Crippen molar-refractivity contribution in [2.45, 2.75) is 6.54 Å². The molecule has 0 saturated carbocycles. The molecule has 0 aliphatic rings. The molecule has 2 nitrogen and oxygen atoms in total. The first-order valence-electron chi connectivity index (χ1n) is 3.94. The average molecular weight is 231 g/mol. The van der Waals surface area contributed by atoms with Crippen LogP contribution in [0.3, 0.4) is 0 Å². The van der Waals surface area contributed by atoms with Gasteiger partial charge in [-0.3, -0.25) is 4.98 Å². The van der Waals surface area contributed by atoms with Crippen molar-refractivity contribution in [1.82, 2.24) is 4.98 Å². The van der Waals surface area contributed by atoms with Gasteiger partial charge in [-0.25, -0.2) is 0 Å². The fourth-order valence-corrected chi connectivity index (χ4v) is 1.33. The van der Waals surface area contributed by atoms with Gasteiger partial charge in [0, 0.05) is 18.1 Å². The number of rotatable bonds is 1. The Bertz CT molecular complexity index is 399. The van der Waals surface area contributed by atoms with Gasteiger partial charge in [-0.2, -0.15) is 0 Å². The van der Waals surface area contributed by atoms with Gasteiger partial charge in [0.2, 0.25) is 0 Å². The largest absolute Gasteiger partial charge is 0.326 e. The lowest BCUT2D eigenvalue weighted by atomic mass is 10.1. The molecule has 0 unspecified atom stereocenters. The number of benzene rings is 1. The predicted molar refractivity (Wildman–Crippen MR) is 64.1 cm³/mol. The summed E-state index contributed by atoms with van der Waals surface area (Å²) in [5.41, 5.74) is 7.70. The van der Waals surface area contributed by atoms with Crippen LogP contribution in [0.5, 0.6) is 0 Å². The van der Waals surface area contributed by atoms with Crippen LogP contribution in [0.15, 0.2) is 36.5 Å². The summed E-state index contributed by atoms with van der Waals surface area (Å²) in [5.74, 6) is 0. The summed E-state index contributed by atoms with van der Waals surface area (Å²) in [4.78, 5) is 4.27. The van der Waals surface area contributed by atoms with Crippen molar-refractivity contribution in [1.29, 1.82) is 0 Å². The number of para-hydroxylation sites is 1. The van der Waals surface area contributed by atoms with Gasteiger partial charge in [-0.15, -0.1) is 24.8 Å². The zero-order chi connectivity index (χ0) is 8.39. The summed E-state index contributed by atoms with van der Waals surface area (Å²) in [6, 6.07) is 10.0. The van der Waals surface area contributed by atoms with E-state index in [2.05, 4.69) is 4.98 Å². The van der Waals surface area contributed by atoms with Gasteiger partial charge >= 0.3 is 0 Å². The molecular formula is C10H12Cl2N2. The van der Waals surface area contributed by atoms with Crippen molar-refractivity contribution in [3.63, 3.8) is 0 Å². The van der Waals surface area contributed by atoms with Gasteiger partial charge < -0.3 is 5.73 Å². The smallest absolute Gasteiger partial charge is 0.0746 e. The minimum atomic E-state index is 0. The second-order valence-corrected chi connectivity index (χ2v) is 2.70. The highest BCUT2D eigenvalue weighted by Crippen LogP contribution is 2.14. The minimum absolute atomic E-state index is 0. The van der Waals surface area contributed by atoms with Gasteiger partial charge in [0.25, 0.3) is 0 Å². The molecule has 0 spiro atoms. The van der Waals surface area contributed by atoms with Crippen LogP contribution in [-0.2, 0) is 6.54 Å². The molecule has 4 heteroatoms. The van der Waals surface area contributed by atoms with Gasteiger partial charge in [0.05, 0.1) is 5.52 Å². The molecule has 2 rings (SSSR count). The minimum Gasteiger partial charge on any atom is -0.326 e. The Hall–Kier alpha value is -0.830. The number of fused-ring (bicyclic) bond motifs is 1. The molecular weight excluding hydrogens is 219 g/mol. The van der Waals surface area contributed by atoms with E-state index < -0.39 is 0 Å². The number of hydrogen-bond acceptors (Lipinski definition) is 2. The van der Waals surface area contributed by atoms with Crippen LogP contribution in [0, 0.1) is 0 Å². The lowest BCUT2D eigenvalue weighted by molar-refractivity contribution is 1.08. The van der Waals surface area contributed by atoms with E-state index in [-0.39, 0.29) is 24.8 Å². The zero-order valence-corrected chi connectivity index (χ0v) is 9.15. The van der Waals surface area contributed by atoms with E-state index in [9.17, 15) is 0 Å². The molecule has 2 aromatic rings. The Balaban J connectivity index is 0.000000845. The molecule has 0 bridgehead atoms. The Morgan fingerprint density at radius 1 is 1.07 bits per heavy atom. The van der Waals surface area contributed by atoms with E-state index in [0.717, 1.165) is 16.5 Å². The maximum absolute atomic E-state index is 5.58. The number of nitrogens with zero attached hydrogens (tertiary/aromatic N) is 1. The third-order valence-corrected chi connectivity index (χ3v) is 1.94. The first-order valence-corrected chi connectivity index (χ1v) is 3.94. The van der Waals surface area contributed by atoms with Gasteiger partial charge in [-0.1, -0.05) is 24.3 Å². The molecule has 1 aromatic heterocycles. The number of aromatic nitrogens is 1. The first-order chi connectivity index (χ1) is 5.92. The summed E-state index contributed by atoms with van der Waals surface area (Å²) in [6.07, 6.45) is 1.79. The van der Waals surface area contributed by atoms with E-state index in [1.54, 1.807) is 6.20 Å². The lowest BCUT2D eigenvalue weighted by Gasteiger charge is -2.00. The topological polar surface area (TPSA) is 38.9 Å². The SMILES string of the molecule is Cl.Cl.NCc1cccc2cccnc12. The van der Waals surface area contributed by atoms with E-state index in [1.165, 1.54) is 0 Å². The molecule has 0 aliphatic carbocycles. The van der Waals surface area contributed by atoms with Crippen LogP contribution in [0.2, 0.25) is 0 Å². The standard InChI is InChI=1S/C10H10N2.2ClH/c11-7-9-4-1-3-8-5-2-6-12-10(8)9;;/h1-6H,7,11H2;2*1H. The summed E-state index contributed by atoms with van der Waals surface area (Å²) >= 11 is 0. The second kappa shape index (κ2) is 5.81. The Kier molecular flexibility index (Phi) is 5.46. The van der Waals surface area contributed by atoms with E-state index >= 15 is 0 Å². The highest BCUT2D eigenvalue weighted by Gasteiger charge is 1.97. The molecule has 2 N–H and O–H groups in total. The van der Waals surface area contributed by atoms with Crippen LogP contribution in [0.1, 0.15) is 5.56 Å². The summed E-state index contributed by atoms with van der Waals surface area (Å²) in [5, 5.41) is 1.15. The van der Waals surface area contributed by atoms with Crippen molar-refractivity contribution in [2.75, 3.05) is 0 Å². The van der Waals surface area contributed by atoms with E-state index in [0.29, 0.717) is 6.54 Å². The Morgan fingerprint density at radius 2 is 1.79 bits per heavy atom. The van der Waals surface area contributed by atoms with Crippen LogP contribution in [0.25, 0.3) is 10.9 Å². The highest BCUT2D eigenvalue weighted by molar-refractivity contribution is 5.85. The van der Waals surface area contributed by atoms with Crippen LogP contribution in [0.4, 0.5) is 0 Å². The molecule has 0 atom stereocenters. The highest BCUT2D eigenvalue weighted by atomic mass is 35.5. The third-order valence-electron chi connectivity index (χ3n) is 1.94. The first kappa shape index (κ1) is 13.2. The molecule has 76 valence electrons. The van der Waals surface area contributed by atoms with E-state index in [4.69, 9.17) is 5.73 Å². The van der Waals surface area contributed by atoms with Crippen molar-refractivity contribution in [2.24, 2.45) is 5.73 Å². The normalized spacial score (nSPS) is 8.93. The van der Waals surface area contributed by atoms with Crippen molar-refractivity contribution in [3.05, 3.63) is 42.1 Å². The molecule has 0 fully saturated rings. The van der Waals surface area contributed by atoms with Crippen LogP contribution in [-0.4, -0.2) is 4.98 Å². The zero-order valence-electron chi connectivity index (χ0n) is 7.51. The molecule has 1 aromatic carbocycles. The van der Waals surface area contributed by atoms with Crippen LogP contribution < -0.4 is 5.73 Å². The van der Waals surface area contributed by atoms with Crippen molar-refractivity contribution in [3.8, 4) is 0 Å². The molecule has 0 aliphatic heterocycles. The van der Waals surface area contributed by atoms with E-state index in [1.807, 2.05) is 30.3 Å². The number of nitrogens with two attached hydrogens (primary N) is 1. The molecule has 0 amide bonds. The summed E-state index contributed by atoms with van der Waals surface area (Å²) in [6.45, 7) is 0.550. The van der Waals surface area contributed by atoms with Crippen LogP contribution >= 0.6 is 24.8 Å². The number of hydrogen-bond donors (Lipinski definition) is 1. The maximum atomic E-state index is 5.58. The van der Waals surface area contributed by atoms with Gasteiger partial charge in [0.1, 0.15) is 0 Å². The fourth-order valence-electron chi connectivity index (χ4n) is 1.33.